The summed E-state index contributed by atoms with van der Waals surface area (Å²) >= 11 is 0. The molecule has 0 saturated heterocycles. The standard InChI is InChI=1S/C20H25N7/c1-15(27-13-12-23-14-27)2-11-24-20-17-5-9-22-10-6-18(17)25-19(26-20)16-3-7-21-8-4-16/h3-4,7-8,12-15,22H,2,5-6,9-11H2,1H3,(H,24,25,26)/t15-/m0/s1. The maximum atomic E-state index is 4.86. The Hall–Kier alpha value is -2.80. The fourth-order valence-electron chi connectivity index (χ4n) is 3.40. The molecule has 4 rings (SSSR count). The highest BCUT2D eigenvalue weighted by atomic mass is 15.1. The number of nitrogens with one attached hydrogen (secondary N) is 2. The smallest absolute Gasteiger partial charge is 0.161 e. The summed E-state index contributed by atoms with van der Waals surface area (Å²) < 4.78 is 2.13. The first-order chi connectivity index (χ1) is 13.3. The molecule has 140 valence electrons. The normalized spacial score (nSPS) is 15.0. The van der Waals surface area contributed by atoms with Crippen molar-refractivity contribution >= 4 is 5.82 Å². The Morgan fingerprint density at radius 1 is 1.11 bits per heavy atom. The molecule has 0 spiro atoms. The molecule has 4 heterocycles. The van der Waals surface area contributed by atoms with Crippen LogP contribution in [-0.2, 0) is 12.8 Å². The summed E-state index contributed by atoms with van der Waals surface area (Å²) in [6, 6.07) is 4.31. The van der Waals surface area contributed by atoms with Crippen LogP contribution in [-0.4, -0.2) is 44.1 Å². The lowest BCUT2D eigenvalue weighted by Gasteiger charge is -2.17. The minimum absolute atomic E-state index is 0.391. The second kappa shape index (κ2) is 8.26. The first-order valence-electron chi connectivity index (χ1n) is 9.53. The number of imidazole rings is 1. The molecule has 27 heavy (non-hydrogen) atoms. The molecule has 1 aliphatic rings. The van der Waals surface area contributed by atoms with E-state index in [0.717, 1.165) is 61.8 Å². The molecule has 0 unspecified atom stereocenters. The fourth-order valence-corrected chi connectivity index (χ4v) is 3.40. The van der Waals surface area contributed by atoms with Crippen LogP contribution in [0.25, 0.3) is 11.4 Å². The summed E-state index contributed by atoms with van der Waals surface area (Å²) in [5.74, 6) is 1.73. The number of aromatic nitrogens is 5. The van der Waals surface area contributed by atoms with Gasteiger partial charge in [0.15, 0.2) is 5.82 Å². The van der Waals surface area contributed by atoms with E-state index in [1.807, 2.05) is 30.9 Å². The molecule has 0 radical (unpaired) electrons. The van der Waals surface area contributed by atoms with E-state index in [9.17, 15) is 0 Å². The first-order valence-corrected chi connectivity index (χ1v) is 9.53. The quantitative estimate of drug-likeness (QED) is 0.700. The molecule has 0 fully saturated rings. The SMILES string of the molecule is C[C@@H](CCNc1nc(-c2ccncc2)nc2c1CCNCC2)n1ccnc1. The minimum Gasteiger partial charge on any atom is -0.370 e. The summed E-state index contributed by atoms with van der Waals surface area (Å²) in [6.45, 7) is 4.98. The van der Waals surface area contributed by atoms with Gasteiger partial charge in [0.2, 0.25) is 0 Å². The Morgan fingerprint density at radius 3 is 2.78 bits per heavy atom. The molecule has 0 amide bonds. The second-order valence-electron chi connectivity index (χ2n) is 6.88. The maximum Gasteiger partial charge on any atom is 0.161 e. The van der Waals surface area contributed by atoms with E-state index < -0.39 is 0 Å². The highest BCUT2D eigenvalue weighted by Crippen LogP contribution is 2.24. The molecule has 3 aromatic heterocycles. The lowest BCUT2D eigenvalue weighted by atomic mass is 10.1. The number of nitrogens with zero attached hydrogens (tertiary/aromatic N) is 5. The zero-order valence-electron chi connectivity index (χ0n) is 15.6. The predicted molar refractivity (Wildman–Crippen MR) is 106 cm³/mol. The molecule has 1 atom stereocenters. The summed E-state index contributed by atoms with van der Waals surface area (Å²) in [5.41, 5.74) is 3.39. The van der Waals surface area contributed by atoms with Gasteiger partial charge in [0, 0.05) is 61.5 Å². The van der Waals surface area contributed by atoms with Crippen molar-refractivity contribution in [3.05, 3.63) is 54.5 Å². The molecule has 0 saturated carbocycles. The minimum atomic E-state index is 0.391. The van der Waals surface area contributed by atoms with E-state index in [1.165, 1.54) is 5.56 Å². The van der Waals surface area contributed by atoms with Crippen molar-refractivity contribution in [1.82, 2.24) is 29.8 Å². The molecular weight excluding hydrogens is 338 g/mol. The van der Waals surface area contributed by atoms with Gasteiger partial charge >= 0.3 is 0 Å². The Morgan fingerprint density at radius 2 is 1.96 bits per heavy atom. The summed E-state index contributed by atoms with van der Waals surface area (Å²) in [7, 11) is 0. The molecule has 0 bridgehead atoms. The van der Waals surface area contributed by atoms with Crippen LogP contribution in [0.1, 0.15) is 30.6 Å². The fraction of sp³-hybridized carbons (Fsp3) is 0.400. The maximum absolute atomic E-state index is 4.86. The number of rotatable bonds is 6. The van der Waals surface area contributed by atoms with E-state index >= 15 is 0 Å². The van der Waals surface area contributed by atoms with Gasteiger partial charge in [0.25, 0.3) is 0 Å². The molecule has 3 aromatic rings. The zero-order valence-corrected chi connectivity index (χ0v) is 15.6. The van der Waals surface area contributed by atoms with Crippen LogP contribution in [0, 0.1) is 0 Å². The number of anilines is 1. The lowest BCUT2D eigenvalue weighted by Crippen LogP contribution is -2.16. The van der Waals surface area contributed by atoms with E-state index in [-0.39, 0.29) is 0 Å². The number of pyridine rings is 1. The van der Waals surface area contributed by atoms with Crippen LogP contribution in [0.15, 0.2) is 43.2 Å². The average molecular weight is 363 g/mol. The molecule has 7 nitrogen and oxygen atoms in total. The molecule has 1 aliphatic heterocycles. The lowest BCUT2D eigenvalue weighted by molar-refractivity contribution is 0.519. The predicted octanol–water partition coefficient (Wildman–Crippen LogP) is 2.49. The number of hydrogen-bond acceptors (Lipinski definition) is 6. The largest absolute Gasteiger partial charge is 0.370 e. The molecular formula is C20H25N7. The zero-order chi connectivity index (χ0) is 18.5. The van der Waals surface area contributed by atoms with Crippen molar-refractivity contribution in [2.24, 2.45) is 0 Å². The Labute approximate surface area is 159 Å². The summed E-state index contributed by atoms with van der Waals surface area (Å²) in [4.78, 5) is 18.0. The third-order valence-corrected chi connectivity index (χ3v) is 5.01. The van der Waals surface area contributed by atoms with Crippen LogP contribution in [0.2, 0.25) is 0 Å². The van der Waals surface area contributed by atoms with Crippen LogP contribution in [0.3, 0.4) is 0 Å². The monoisotopic (exact) mass is 363 g/mol. The van der Waals surface area contributed by atoms with Crippen molar-refractivity contribution in [2.75, 3.05) is 25.0 Å². The third-order valence-electron chi connectivity index (χ3n) is 5.01. The topological polar surface area (TPSA) is 80.5 Å². The van der Waals surface area contributed by atoms with E-state index in [1.54, 1.807) is 12.4 Å². The van der Waals surface area contributed by atoms with Gasteiger partial charge in [-0.1, -0.05) is 0 Å². The van der Waals surface area contributed by atoms with Crippen molar-refractivity contribution in [3.8, 4) is 11.4 Å². The van der Waals surface area contributed by atoms with Crippen LogP contribution >= 0.6 is 0 Å². The molecule has 0 aliphatic carbocycles. The van der Waals surface area contributed by atoms with Crippen molar-refractivity contribution in [1.29, 1.82) is 0 Å². The molecule has 0 aromatic carbocycles. The van der Waals surface area contributed by atoms with Gasteiger partial charge in [-0.05, 0) is 38.4 Å². The molecule has 2 N–H and O–H groups in total. The second-order valence-corrected chi connectivity index (χ2v) is 6.88. The van der Waals surface area contributed by atoms with Crippen LogP contribution < -0.4 is 10.6 Å². The summed E-state index contributed by atoms with van der Waals surface area (Å²) in [5, 5.41) is 7.03. The average Bonchev–Trinajstić information content (AvgIpc) is 3.14. The Kier molecular flexibility index (Phi) is 5.39. The van der Waals surface area contributed by atoms with Gasteiger partial charge in [-0.25, -0.2) is 15.0 Å². The third kappa shape index (κ3) is 4.14. The van der Waals surface area contributed by atoms with E-state index in [4.69, 9.17) is 9.97 Å². The van der Waals surface area contributed by atoms with Crippen molar-refractivity contribution in [2.45, 2.75) is 32.2 Å². The van der Waals surface area contributed by atoms with Crippen LogP contribution in [0.4, 0.5) is 5.82 Å². The first kappa shape index (κ1) is 17.6. The van der Waals surface area contributed by atoms with Gasteiger partial charge in [0.05, 0.1) is 12.0 Å². The molecule has 7 heteroatoms. The van der Waals surface area contributed by atoms with Gasteiger partial charge < -0.3 is 15.2 Å². The van der Waals surface area contributed by atoms with Crippen molar-refractivity contribution < 1.29 is 0 Å². The number of hydrogen-bond donors (Lipinski definition) is 2. The Balaban J connectivity index is 1.56. The van der Waals surface area contributed by atoms with Crippen LogP contribution in [0.5, 0.6) is 0 Å². The highest BCUT2D eigenvalue weighted by Gasteiger charge is 2.17. The number of fused-ring (bicyclic) bond motifs is 1. The van der Waals surface area contributed by atoms with Gasteiger partial charge in [-0.15, -0.1) is 0 Å². The Bertz CT molecular complexity index is 862. The van der Waals surface area contributed by atoms with E-state index in [0.29, 0.717) is 6.04 Å². The summed E-state index contributed by atoms with van der Waals surface area (Å²) in [6.07, 6.45) is 12.1. The van der Waals surface area contributed by atoms with Gasteiger partial charge in [-0.2, -0.15) is 0 Å². The van der Waals surface area contributed by atoms with Gasteiger partial charge in [0.1, 0.15) is 5.82 Å². The highest BCUT2D eigenvalue weighted by molar-refractivity contribution is 5.59. The van der Waals surface area contributed by atoms with E-state index in [2.05, 4.69) is 32.1 Å². The van der Waals surface area contributed by atoms with Gasteiger partial charge in [-0.3, -0.25) is 4.98 Å². The van der Waals surface area contributed by atoms with Crippen molar-refractivity contribution in [3.63, 3.8) is 0 Å².